The average Bonchev–Trinajstić information content (AvgIpc) is 2.82. The van der Waals surface area contributed by atoms with Crippen LogP contribution in [0.4, 0.5) is 0 Å². The topological polar surface area (TPSA) is 58.9 Å². The first-order valence-corrected chi connectivity index (χ1v) is 7.97. The van der Waals surface area contributed by atoms with Gasteiger partial charge in [-0.25, -0.2) is 9.59 Å². The van der Waals surface area contributed by atoms with Crippen molar-refractivity contribution in [2.24, 2.45) is 9.98 Å². The second-order valence-electron chi connectivity index (χ2n) is 6.30. The zero-order chi connectivity index (χ0) is 14.3. The molecule has 20 heavy (non-hydrogen) atoms. The third-order valence-electron chi connectivity index (χ3n) is 5.25. The highest BCUT2D eigenvalue weighted by molar-refractivity contribution is 5.40. The van der Waals surface area contributed by atoms with E-state index in [2.05, 4.69) is 9.98 Å². The van der Waals surface area contributed by atoms with Crippen LogP contribution in [0.5, 0.6) is 0 Å². The smallest absolute Gasteiger partial charge is 0.211 e. The molecule has 0 aromatic carbocycles. The van der Waals surface area contributed by atoms with Gasteiger partial charge in [0, 0.05) is 0 Å². The molecule has 0 unspecified atom stereocenters. The maximum atomic E-state index is 11.0. The lowest BCUT2D eigenvalue weighted by atomic mass is 9.68. The molecule has 2 aliphatic rings. The lowest BCUT2D eigenvalue weighted by Gasteiger charge is -2.43. The zero-order valence-electron chi connectivity index (χ0n) is 12.2. The maximum absolute atomic E-state index is 11.0. The fourth-order valence-corrected chi connectivity index (χ4v) is 4.16. The van der Waals surface area contributed by atoms with Crippen LogP contribution in [0.25, 0.3) is 0 Å². The Kier molecular flexibility index (Phi) is 5.28. The molecule has 0 spiro atoms. The molecule has 4 heteroatoms. The molecule has 0 saturated heterocycles. The first-order chi connectivity index (χ1) is 9.79. The number of nitrogens with zero attached hydrogens (tertiary/aromatic N) is 2. The minimum absolute atomic E-state index is 0.507. The van der Waals surface area contributed by atoms with E-state index in [4.69, 9.17) is 0 Å². The van der Waals surface area contributed by atoms with Crippen LogP contribution in [0.1, 0.15) is 77.0 Å². The summed E-state index contributed by atoms with van der Waals surface area (Å²) < 4.78 is 0. The highest BCUT2D eigenvalue weighted by Crippen LogP contribution is 2.48. The summed E-state index contributed by atoms with van der Waals surface area (Å²) in [6.07, 6.45) is 15.9. The quantitative estimate of drug-likeness (QED) is 0.446. The standard InChI is InChI=1S/C16H24N2O2/c19-13-17-15(9-5-1-2-6-10-15)16(18-14-20)11-7-3-4-8-12-16/h1-12H2. The Morgan fingerprint density at radius 3 is 1.10 bits per heavy atom. The molecule has 0 heterocycles. The molecule has 0 aliphatic heterocycles. The summed E-state index contributed by atoms with van der Waals surface area (Å²) in [5, 5.41) is 0. The molecule has 0 atom stereocenters. The summed E-state index contributed by atoms with van der Waals surface area (Å²) in [5.74, 6) is 0. The predicted molar refractivity (Wildman–Crippen MR) is 77.1 cm³/mol. The summed E-state index contributed by atoms with van der Waals surface area (Å²) >= 11 is 0. The van der Waals surface area contributed by atoms with E-state index in [9.17, 15) is 9.59 Å². The third-order valence-corrected chi connectivity index (χ3v) is 5.25. The Hall–Kier alpha value is -1.24. The van der Waals surface area contributed by atoms with Crippen LogP contribution in [0.15, 0.2) is 9.98 Å². The van der Waals surface area contributed by atoms with Crippen LogP contribution in [-0.2, 0) is 9.59 Å². The van der Waals surface area contributed by atoms with E-state index < -0.39 is 11.1 Å². The van der Waals surface area contributed by atoms with Crippen molar-refractivity contribution in [3.8, 4) is 0 Å². The number of hydrogen-bond donors (Lipinski definition) is 0. The van der Waals surface area contributed by atoms with Crippen molar-refractivity contribution >= 4 is 12.2 Å². The van der Waals surface area contributed by atoms with Gasteiger partial charge in [-0.15, -0.1) is 0 Å². The van der Waals surface area contributed by atoms with Crippen LogP contribution in [0.2, 0.25) is 0 Å². The number of isocyanates is 2. The van der Waals surface area contributed by atoms with Gasteiger partial charge < -0.3 is 0 Å². The minimum atomic E-state index is -0.507. The Morgan fingerprint density at radius 1 is 0.550 bits per heavy atom. The molecule has 0 amide bonds. The molecule has 0 bridgehead atoms. The van der Waals surface area contributed by atoms with E-state index in [0.717, 1.165) is 51.4 Å². The van der Waals surface area contributed by atoms with Crippen LogP contribution in [-0.4, -0.2) is 23.2 Å². The minimum Gasteiger partial charge on any atom is -0.211 e. The van der Waals surface area contributed by atoms with Gasteiger partial charge in [0.15, 0.2) is 0 Å². The largest absolute Gasteiger partial charge is 0.235 e. The fraction of sp³-hybridized carbons (Fsp3) is 0.875. The summed E-state index contributed by atoms with van der Waals surface area (Å²) in [4.78, 5) is 30.6. The van der Waals surface area contributed by atoms with Crippen molar-refractivity contribution < 1.29 is 9.59 Å². The molecular formula is C16H24N2O2. The number of carbonyl (C=O) groups excluding carboxylic acids is 2. The number of rotatable bonds is 3. The predicted octanol–water partition coefficient (Wildman–Crippen LogP) is 3.84. The maximum Gasteiger partial charge on any atom is 0.235 e. The highest BCUT2D eigenvalue weighted by Gasteiger charge is 2.51. The molecular weight excluding hydrogens is 252 g/mol. The van der Waals surface area contributed by atoms with Crippen molar-refractivity contribution in [2.75, 3.05) is 0 Å². The third kappa shape index (κ3) is 2.92. The fourth-order valence-electron chi connectivity index (χ4n) is 4.16. The van der Waals surface area contributed by atoms with Gasteiger partial charge in [-0.1, -0.05) is 51.4 Å². The van der Waals surface area contributed by atoms with E-state index in [1.165, 1.54) is 25.7 Å². The van der Waals surface area contributed by atoms with Crippen LogP contribution in [0, 0.1) is 0 Å². The van der Waals surface area contributed by atoms with E-state index >= 15 is 0 Å². The van der Waals surface area contributed by atoms with Gasteiger partial charge in [0.2, 0.25) is 12.2 Å². The Morgan fingerprint density at radius 2 is 0.850 bits per heavy atom. The van der Waals surface area contributed by atoms with Gasteiger partial charge >= 0.3 is 0 Å². The molecule has 0 aromatic heterocycles. The van der Waals surface area contributed by atoms with Gasteiger partial charge in [0.1, 0.15) is 0 Å². The normalized spacial score (nSPS) is 25.4. The van der Waals surface area contributed by atoms with Gasteiger partial charge in [-0.2, -0.15) is 9.98 Å². The molecule has 0 N–H and O–H groups in total. The van der Waals surface area contributed by atoms with Crippen molar-refractivity contribution in [1.29, 1.82) is 0 Å². The summed E-state index contributed by atoms with van der Waals surface area (Å²) in [7, 11) is 0. The van der Waals surface area contributed by atoms with Gasteiger partial charge in [-0.3, -0.25) is 0 Å². The Bertz CT molecular complexity index is 364. The SMILES string of the molecule is O=C=NC1(C2(N=C=O)CCCCCC2)CCCCCC1. The second kappa shape index (κ2) is 6.97. The first kappa shape index (κ1) is 15.2. The van der Waals surface area contributed by atoms with Crippen LogP contribution < -0.4 is 0 Å². The Balaban J connectivity index is 2.44. The van der Waals surface area contributed by atoms with Crippen molar-refractivity contribution in [2.45, 2.75) is 88.1 Å². The second-order valence-corrected chi connectivity index (χ2v) is 6.30. The lowest BCUT2D eigenvalue weighted by Crippen LogP contribution is -2.51. The molecule has 2 rings (SSSR count). The van der Waals surface area contributed by atoms with Gasteiger partial charge in [-0.05, 0) is 25.7 Å². The summed E-state index contributed by atoms with van der Waals surface area (Å²) in [5.41, 5.74) is -1.01. The first-order valence-electron chi connectivity index (χ1n) is 7.97. The van der Waals surface area contributed by atoms with Crippen molar-refractivity contribution in [3.05, 3.63) is 0 Å². The molecule has 0 radical (unpaired) electrons. The molecule has 4 nitrogen and oxygen atoms in total. The van der Waals surface area contributed by atoms with E-state index in [-0.39, 0.29) is 0 Å². The summed E-state index contributed by atoms with van der Waals surface area (Å²) in [6.45, 7) is 0. The van der Waals surface area contributed by atoms with E-state index in [0.29, 0.717) is 0 Å². The van der Waals surface area contributed by atoms with Crippen LogP contribution in [0.3, 0.4) is 0 Å². The molecule has 110 valence electrons. The Labute approximate surface area is 120 Å². The monoisotopic (exact) mass is 276 g/mol. The molecule has 2 fully saturated rings. The van der Waals surface area contributed by atoms with Gasteiger partial charge in [0.25, 0.3) is 0 Å². The van der Waals surface area contributed by atoms with Crippen LogP contribution >= 0.6 is 0 Å². The number of hydrogen-bond acceptors (Lipinski definition) is 4. The lowest BCUT2D eigenvalue weighted by molar-refractivity contribution is 0.174. The van der Waals surface area contributed by atoms with Crippen molar-refractivity contribution in [1.82, 2.24) is 0 Å². The number of aliphatic imine (C=N–C) groups is 2. The van der Waals surface area contributed by atoms with Gasteiger partial charge in [0.05, 0.1) is 11.1 Å². The zero-order valence-corrected chi connectivity index (χ0v) is 12.2. The molecule has 2 saturated carbocycles. The molecule has 2 aliphatic carbocycles. The van der Waals surface area contributed by atoms with E-state index in [1.807, 2.05) is 0 Å². The van der Waals surface area contributed by atoms with Crippen molar-refractivity contribution in [3.63, 3.8) is 0 Å². The highest BCUT2D eigenvalue weighted by atomic mass is 16.1. The average molecular weight is 276 g/mol. The molecule has 0 aromatic rings. The van der Waals surface area contributed by atoms with E-state index in [1.54, 1.807) is 12.2 Å². The summed E-state index contributed by atoms with van der Waals surface area (Å²) in [6, 6.07) is 0.